The fourth-order valence-corrected chi connectivity index (χ4v) is 4.55. The molecule has 0 fully saturated rings. The van der Waals surface area contributed by atoms with E-state index in [1.807, 2.05) is 35.0 Å². The fraction of sp³-hybridized carbons (Fsp3) is 0.0417. The summed E-state index contributed by atoms with van der Waals surface area (Å²) in [4.78, 5) is 17.0. The number of aromatic nitrogens is 4. The number of nitrogens with zero attached hydrogens (tertiary/aromatic N) is 4. The smallest absolute Gasteiger partial charge is 0.261 e. The van der Waals surface area contributed by atoms with Crippen LogP contribution < -0.4 is 10.0 Å². The lowest BCUT2D eigenvalue weighted by atomic mass is 10.2. The molecule has 5 rings (SSSR count). The Kier molecular flexibility index (Phi) is 5.75. The molecule has 35 heavy (non-hydrogen) atoms. The Morgan fingerprint density at radius 1 is 0.971 bits per heavy atom. The number of carbonyl (C=O) groups excluding carboxylic acids is 1. The summed E-state index contributed by atoms with van der Waals surface area (Å²) in [6, 6.07) is 16.5. The molecular weight excluding hydrogens is 471 g/mol. The van der Waals surface area contributed by atoms with E-state index in [0.29, 0.717) is 12.2 Å². The number of fused-ring (bicyclic) bond motifs is 1. The van der Waals surface area contributed by atoms with Crippen molar-refractivity contribution in [1.82, 2.24) is 19.2 Å². The van der Waals surface area contributed by atoms with Gasteiger partial charge in [0.15, 0.2) is 0 Å². The van der Waals surface area contributed by atoms with Gasteiger partial charge in [-0.15, -0.1) is 0 Å². The minimum absolute atomic E-state index is 0.0995. The van der Waals surface area contributed by atoms with Crippen molar-refractivity contribution in [3.63, 3.8) is 0 Å². The lowest BCUT2D eigenvalue weighted by molar-refractivity contribution is 0.102. The van der Waals surface area contributed by atoms with Crippen molar-refractivity contribution in [2.45, 2.75) is 11.4 Å². The van der Waals surface area contributed by atoms with Crippen LogP contribution in [0.1, 0.15) is 16.1 Å². The van der Waals surface area contributed by atoms with E-state index >= 15 is 0 Å². The molecule has 3 heterocycles. The zero-order valence-corrected chi connectivity index (χ0v) is 19.0. The van der Waals surface area contributed by atoms with Crippen LogP contribution in [-0.2, 0) is 16.6 Å². The maximum atomic E-state index is 13.8. The summed E-state index contributed by atoms with van der Waals surface area (Å²) in [5, 5.41) is 6.99. The molecule has 0 atom stereocenters. The summed E-state index contributed by atoms with van der Waals surface area (Å²) in [5.74, 6) is -1.11. The third-order valence-electron chi connectivity index (χ3n) is 5.17. The Balaban J connectivity index is 1.24. The first-order chi connectivity index (χ1) is 16.9. The molecule has 0 spiro atoms. The van der Waals surface area contributed by atoms with Gasteiger partial charge in [0, 0.05) is 24.2 Å². The molecule has 2 N–H and O–H groups in total. The molecule has 176 valence electrons. The second-order valence-electron chi connectivity index (χ2n) is 7.69. The molecule has 0 saturated carbocycles. The first-order valence-electron chi connectivity index (χ1n) is 10.5. The molecule has 0 aliphatic carbocycles. The molecule has 0 unspecified atom stereocenters. The number of imidazole rings is 1. The van der Waals surface area contributed by atoms with Gasteiger partial charge in [-0.05, 0) is 48.5 Å². The van der Waals surface area contributed by atoms with Crippen LogP contribution in [0.4, 0.5) is 15.8 Å². The highest BCUT2D eigenvalue weighted by Gasteiger charge is 2.17. The van der Waals surface area contributed by atoms with Gasteiger partial charge in [0.05, 0.1) is 34.7 Å². The van der Waals surface area contributed by atoms with Crippen LogP contribution in [0.25, 0.3) is 5.65 Å². The van der Waals surface area contributed by atoms with Crippen LogP contribution in [0.3, 0.4) is 0 Å². The highest BCUT2D eigenvalue weighted by atomic mass is 32.2. The first kappa shape index (κ1) is 22.3. The van der Waals surface area contributed by atoms with Crippen molar-refractivity contribution >= 4 is 33.0 Å². The van der Waals surface area contributed by atoms with E-state index in [4.69, 9.17) is 0 Å². The monoisotopic (exact) mass is 490 g/mol. The summed E-state index contributed by atoms with van der Waals surface area (Å²) in [6.07, 6.45) is 7.02. The van der Waals surface area contributed by atoms with Crippen molar-refractivity contribution in [2.24, 2.45) is 0 Å². The lowest BCUT2D eigenvalue weighted by Gasteiger charge is -2.09. The second kappa shape index (κ2) is 9.03. The highest BCUT2D eigenvalue weighted by Crippen LogP contribution is 2.19. The molecule has 1 amide bonds. The number of rotatable bonds is 7. The average molecular weight is 491 g/mol. The topological polar surface area (TPSA) is 110 Å². The van der Waals surface area contributed by atoms with Crippen molar-refractivity contribution in [3.05, 3.63) is 109 Å². The number of hydrogen-bond donors (Lipinski definition) is 2. The fourth-order valence-electron chi connectivity index (χ4n) is 3.48. The largest absolute Gasteiger partial charge is 0.319 e. The Morgan fingerprint density at radius 3 is 2.51 bits per heavy atom. The van der Waals surface area contributed by atoms with Gasteiger partial charge in [-0.2, -0.15) is 5.10 Å². The number of hydrogen-bond acceptors (Lipinski definition) is 5. The van der Waals surface area contributed by atoms with E-state index in [0.717, 1.165) is 17.4 Å². The lowest BCUT2D eigenvalue weighted by Crippen LogP contribution is -2.15. The number of nitrogens with one attached hydrogen (secondary N) is 2. The standard InChI is InChI=1S/C24H19FN6O3S/c25-21-5-1-2-6-22(21)29-35(33,34)20-10-8-17(9-11-20)24(32)28-18-13-26-31(15-18)16-19-14-30-12-4-3-7-23(30)27-19/h1-15,29H,16H2,(H,28,32). The Hall–Kier alpha value is -4.51. The van der Waals surface area contributed by atoms with Crippen LogP contribution in [0.5, 0.6) is 0 Å². The van der Waals surface area contributed by atoms with Gasteiger partial charge in [-0.3, -0.25) is 14.2 Å². The highest BCUT2D eigenvalue weighted by molar-refractivity contribution is 7.92. The Bertz CT molecular complexity index is 1590. The number of benzene rings is 2. The zero-order valence-electron chi connectivity index (χ0n) is 18.2. The van der Waals surface area contributed by atoms with Crippen LogP contribution in [0.15, 0.2) is 96.4 Å². The van der Waals surface area contributed by atoms with Crippen LogP contribution in [0.2, 0.25) is 0 Å². The summed E-state index contributed by atoms with van der Waals surface area (Å²) in [5.41, 5.74) is 2.23. The van der Waals surface area contributed by atoms with E-state index in [-0.39, 0.29) is 16.1 Å². The van der Waals surface area contributed by atoms with Crippen molar-refractivity contribution in [2.75, 3.05) is 10.0 Å². The summed E-state index contributed by atoms with van der Waals surface area (Å²) >= 11 is 0. The molecule has 5 aromatic rings. The minimum Gasteiger partial charge on any atom is -0.319 e. The SMILES string of the molecule is O=C(Nc1cnn(Cc2cn3ccccc3n2)c1)c1ccc(S(=O)(=O)Nc2ccccc2F)cc1. The Labute approximate surface area is 199 Å². The van der Waals surface area contributed by atoms with Crippen LogP contribution in [0, 0.1) is 5.82 Å². The zero-order chi connectivity index (χ0) is 24.4. The molecule has 0 saturated heterocycles. The maximum absolute atomic E-state index is 13.8. The van der Waals surface area contributed by atoms with E-state index < -0.39 is 21.7 Å². The predicted molar refractivity (Wildman–Crippen MR) is 128 cm³/mol. The van der Waals surface area contributed by atoms with Gasteiger partial charge in [0.2, 0.25) is 0 Å². The van der Waals surface area contributed by atoms with Gasteiger partial charge >= 0.3 is 0 Å². The van der Waals surface area contributed by atoms with Crippen LogP contribution >= 0.6 is 0 Å². The number of sulfonamides is 1. The predicted octanol–water partition coefficient (Wildman–Crippen LogP) is 3.77. The van der Waals surface area contributed by atoms with Gasteiger partial charge in [-0.25, -0.2) is 17.8 Å². The summed E-state index contributed by atoms with van der Waals surface area (Å²) in [6.45, 7) is 0.430. The van der Waals surface area contributed by atoms with Crippen molar-refractivity contribution in [3.8, 4) is 0 Å². The number of anilines is 2. The molecule has 0 aliphatic heterocycles. The first-order valence-corrected chi connectivity index (χ1v) is 12.0. The Morgan fingerprint density at radius 2 is 1.74 bits per heavy atom. The van der Waals surface area contributed by atoms with Crippen LogP contribution in [-0.4, -0.2) is 33.5 Å². The maximum Gasteiger partial charge on any atom is 0.261 e. The molecule has 3 aromatic heterocycles. The molecule has 11 heteroatoms. The molecule has 9 nitrogen and oxygen atoms in total. The van der Waals surface area contributed by atoms with E-state index in [2.05, 4.69) is 20.1 Å². The number of amides is 1. The minimum atomic E-state index is -4.02. The molecule has 2 aromatic carbocycles. The normalized spacial score (nSPS) is 11.5. The molecule has 0 aliphatic rings. The number of pyridine rings is 1. The van der Waals surface area contributed by atoms with E-state index in [1.54, 1.807) is 10.9 Å². The summed E-state index contributed by atoms with van der Waals surface area (Å²) < 4.78 is 44.6. The third kappa shape index (κ3) is 4.89. The van der Waals surface area contributed by atoms with E-state index in [9.17, 15) is 17.6 Å². The third-order valence-corrected chi connectivity index (χ3v) is 6.56. The van der Waals surface area contributed by atoms with Gasteiger partial charge in [-0.1, -0.05) is 18.2 Å². The van der Waals surface area contributed by atoms with Crippen molar-refractivity contribution < 1.29 is 17.6 Å². The molecule has 0 bridgehead atoms. The number of para-hydroxylation sites is 1. The van der Waals surface area contributed by atoms with Gasteiger partial charge < -0.3 is 9.72 Å². The summed E-state index contributed by atoms with van der Waals surface area (Å²) in [7, 11) is -4.02. The molecular formula is C24H19FN6O3S. The number of carbonyl (C=O) groups is 1. The van der Waals surface area contributed by atoms with Crippen molar-refractivity contribution in [1.29, 1.82) is 0 Å². The quantitative estimate of drug-likeness (QED) is 0.361. The van der Waals surface area contributed by atoms with E-state index in [1.165, 1.54) is 48.7 Å². The second-order valence-corrected chi connectivity index (χ2v) is 9.37. The number of halogens is 1. The molecule has 0 radical (unpaired) electrons. The average Bonchev–Trinajstić information content (AvgIpc) is 3.46. The van der Waals surface area contributed by atoms with Gasteiger partial charge in [0.1, 0.15) is 11.5 Å². The van der Waals surface area contributed by atoms with Gasteiger partial charge in [0.25, 0.3) is 15.9 Å².